The van der Waals surface area contributed by atoms with Gasteiger partial charge in [-0.2, -0.15) is 9.97 Å². The molecule has 4 aromatic heterocycles. The minimum atomic E-state index is 0.602. The smallest absolute Gasteiger partial charge is 0.229 e. The number of aromatic nitrogens is 6. The lowest BCUT2D eigenvalue weighted by Gasteiger charge is -2.35. The molecule has 0 spiro atoms. The van der Waals surface area contributed by atoms with Crippen molar-refractivity contribution < 1.29 is 0 Å². The first-order valence-electron chi connectivity index (χ1n) is 11.7. The van der Waals surface area contributed by atoms with Crippen LogP contribution in [0.15, 0.2) is 85.6 Å². The molecule has 0 aliphatic carbocycles. The highest BCUT2D eigenvalue weighted by Gasteiger charge is 2.23. The van der Waals surface area contributed by atoms with Crippen LogP contribution in [0.1, 0.15) is 5.56 Å². The molecule has 0 saturated carbocycles. The lowest BCUT2D eigenvalue weighted by molar-refractivity contribution is 0.635. The number of hydrogen-bond donors (Lipinski definition) is 1. The van der Waals surface area contributed by atoms with Gasteiger partial charge in [0.05, 0.1) is 0 Å². The van der Waals surface area contributed by atoms with Crippen LogP contribution in [-0.2, 0) is 6.54 Å². The predicted octanol–water partition coefficient (Wildman–Crippen LogP) is 3.54. The average Bonchev–Trinajstić information content (AvgIpc) is 3.38. The number of piperazine rings is 1. The van der Waals surface area contributed by atoms with Crippen LogP contribution < -0.4 is 15.1 Å². The third kappa shape index (κ3) is 4.35. The topological polar surface area (TPSA) is 87.9 Å². The first-order valence-corrected chi connectivity index (χ1v) is 11.7. The van der Waals surface area contributed by atoms with Gasteiger partial charge < -0.3 is 15.1 Å². The largest absolute Gasteiger partial charge is 0.364 e. The van der Waals surface area contributed by atoms with Crippen molar-refractivity contribution in [2.24, 2.45) is 0 Å². The number of imidazole rings is 1. The van der Waals surface area contributed by atoms with Crippen molar-refractivity contribution in [1.82, 2.24) is 29.5 Å². The maximum absolute atomic E-state index is 4.98. The summed E-state index contributed by atoms with van der Waals surface area (Å²) in [7, 11) is 0. The second-order valence-corrected chi connectivity index (χ2v) is 8.37. The molecule has 1 N–H and O–H groups in total. The Balaban J connectivity index is 1.33. The molecule has 0 unspecified atom stereocenters. The van der Waals surface area contributed by atoms with E-state index in [1.165, 1.54) is 0 Å². The van der Waals surface area contributed by atoms with E-state index in [0.717, 1.165) is 60.2 Å². The van der Waals surface area contributed by atoms with Gasteiger partial charge in [-0.3, -0.25) is 9.55 Å². The van der Waals surface area contributed by atoms with E-state index in [1.54, 1.807) is 6.20 Å². The molecule has 0 radical (unpaired) electrons. The summed E-state index contributed by atoms with van der Waals surface area (Å²) in [5.41, 5.74) is 3.61. The van der Waals surface area contributed by atoms with E-state index >= 15 is 0 Å². The van der Waals surface area contributed by atoms with Crippen LogP contribution in [-0.4, -0.2) is 55.7 Å². The number of anilines is 3. The summed E-state index contributed by atoms with van der Waals surface area (Å²) in [5, 5.41) is 3.47. The molecule has 5 heterocycles. The van der Waals surface area contributed by atoms with E-state index in [1.807, 2.05) is 65.8 Å². The normalized spacial score (nSPS) is 13.8. The van der Waals surface area contributed by atoms with Gasteiger partial charge in [0.2, 0.25) is 5.95 Å². The summed E-state index contributed by atoms with van der Waals surface area (Å²) >= 11 is 0. The molecule has 1 aliphatic rings. The van der Waals surface area contributed by atoms with Crippen molar-refractivity contribution in [3.05, 3.63) is 91.1 Å². The number of hydrogen-bond acceptors (Lipinski definition) is 8. The van der Waals surface area contributed by atoms with Crippen LogP contribution >= 0.6 is 0 Å². The monoisotopic (exact) mass is 463 g/mol. The Labute approximate surface area is 203 Å². The number of para-hydroxylation sites is 1. The number of pyridine rings is 2. The molecule has 0 atom stereocenters. The molecule has 1 aromatic carbocycles. The van der Waals surface area contributed by atoms with Gasteiger partial charge in [0, 0.05) is 57.0 Å². The maximum Gasteiger partial charge on any atom is 0.229 e. The van der Waals surface area contributed by atoms with Gasteiger partial charge in [-0.05, 0) is 35.9 Å². The van der Waals surface area contributed by atoms with Crippen molar-refractivity contribution in [1.29, 1.82) is 0 Å². The van der Waals surface area contributed by atoms with E-state index in [0.29, 0.717) is 12.5 Å². The third-order valence-corrected chi connectivity index (χ3v) is 6.14. The van der Waals surface area contributed by atoms with Gasteiger partial charge in [0.25, 0.3) is 0 Å². The molecule has 1 saturated heterocycles. The SMILES string of the molecule is c1ccc(-n2cnc3c(NCc4cccnc4)nc(N4CCN(c5ccccn5)CC4)nc32)cc1. The van der Waals surface area contributed by atoms with E-state index in [9.17, 15) is 0 Å². The number of nitrogens with zero attached hydrogens (tertiary/aromatic N) is 8. The maximum atomic E-state index is 4.98. The molecule has 6 rings (SSSR count). The van der Waals surface area contributed by atoms with Gasteiger partial charge in [0.1, 0.15) is 12.1 Å². The van der Waals surface area contributed by atoms with E-state index in [2.05, 4.69) is 48.3 Å². The van der Waals surface area contributed by atoms with Crippen molar-refractivity contribution in [3.8, 4) is 5.69 Å². The Bertz CT molecular complexity index is 1400. The van der Waals surface area contributed by atoms with Gasteiger partial charge in [-0.1, -0.05) is 30.3 Å². The van der Waals surface area contributed by atoms with E-state index in [4.69, 9.17) is 9.97 Å². The van der Waals surface area contributed by atoms with Gasteiger partial charge in [-0.25, -0.2) is 9.97 Å². The zero-order chi connectivity index (χ0) is 23.5. The fourth-order valence-corrected chi connectivity index (χ4v) is 4.30. The molecule has 0 bridgehead atoms. The molecule has 9 heteroatoms. The summed E-state index contributed by atoms with van der Waals surface area (Å²) in [6.45, 7) is 3.93. The average molecular weight is 464 g/mol. The fraction of sp³-hybridized carbons (Fsp3) is 0.192. The second-order valence-electron chi connectivity index (χ2n) is 8.37. The summed E-state index contributed by atoms with van der Waals surface area (Å²) in [6, 6.07) is 20.1. The van der Waals surface area contributed by atoms with Crippen molar-refractivity contribution in [2.45, 2.75) is 6.54 Å². The highest BCUT2D eigenvalue weighted by atomic mass is 15.3. The Morgan fingerprint density at radius 1 is 0.771 bits per heavy atom. The number of fused-ring (bicyclic) bond motifs is 1. The van der Waals surface area contributed by atoms with E-state index in [-0.39, 0.29) is 0 Å². The third-order valence-electron chi connectivity index (χ3n) is 6.14. The lowest BCUT2D eigenvalue weighted by Crippen LogP contribution is -2.47. The fourth-order valence-electron chi connectivity index (χ4n) is 4.30. The molecule has 9 nitrogen and oxygen atoms in total. The quantitative estimate of drug-likeness (QED) is 0.409. The zero-order valence-electron chi connectivity index (χ0n) is 19.2. The van der Waals surface area contributed by atoms with Crippen molar-refractivity contribution in [3.63, 3.8) is 0 Å². The molecular weight excluding hydrogens is 438 g/mol. The van der Waals surface area contributed by atoms with Crippen LogP contribution in [0.5, 0.6) is 0 Å². The van der Waals surface area contributed by atoms with Crippen molar-refractivity contribution in [2.75, 3.05) is 41.3 Å². The first-order chi connectivity index (χ1) is 17.3. The van der Waals surface area contributed by atoms with Crippen LogP contribution in [0, 0.1) is 0 Å². The Kier molecular flexibility index (Phi) is 5.64. The van der Waals surface area contributed by atoms with Gasteiger partial charge >= 0.3 is 0 Å². The number of benzene rings is 1. The second kappa shape index (κ2) is 9.38. The molecule has 1 fully saturated rings. The Hall–Kier alpha value is -4.53. The highest BCUT2D eigenvalue weighted by molar-refractivity contribution is 5.85. The molecular formula is C26H25N9. The van der Waals surface area contributed by atoms with Crippen molar-refractivity contribution >= 4 is 28.7 Å². The lowest BCUT2D eigenvalue weighted by atomic mass is 10.3. The van der Waals surface area contributed by atoms with Crippen LogP contribution in [0.3, 0.4) is 0 Å². The Morgan fingerprint density at radius 2 is 1.60 bits per heavy atom. The van der Waals surface area contributed by atoms with Gasteiger partial charge in [-0.15, -0.1) is 0 Å². The summed E-state index contributed by atoms with van der Waals surface area (Å²) < 4.78 is 2.01. The molecule has 35 heavy (non-hydrogen) atoms. The number of nitrogens with one attached hydrogen (secondary N) is 1. The first kappa shape index (κ1) is 21.0. The molecule has 0 amide bonds. The molecule has 5 aromatic rings. The molecule has 174 valence electrons. The van der Waals surface area contributed by atoms with Gasteiger partial charge in [0.15, 0.2) is 17.0 Å². The minimum absolute atomic E-state index is 0.602. The zero-order valence-corrected chi connectivity index (χ0v) is 19.2. The van der Waals surface area contributed by atoms with Crippen LogP contribution in [0.25, 0.3) is 16.9 Å². The Morgan fingerprint density at radius 3 is 2.37 bits per heavy atom. The summed E-state index contributed by atoms with van der Waals surface area (Å²) in [5.74, 6) is 2.42. The molecule has 1 aliphatic heterocycles. The van der Waals surface area contributed by atoms with E-state index < -0.39 is 0 Å². The summed E-state index contributed by atoms with van der Waals surface area (Å²) in [4.78, 5) is 27.8. The predicted molar refractivity (Wildman–Crippen MR) is 137 cm³/mol. The number of rotatable bonds is 6. The van der Waals surface area contributed by atoms with Crippen LogP contribution in [0.2, 0.25) is 0 Å². The highest BCUT2D eigenvalue weighted by Crippen LogP contribution is 2.26. The summed E-state index contributed by atoms with van der Waals surface area (Å²) in [6.07, 6.45) is 7.28. The standard InChI is InChI=1S/C26H25N9/c1-2-8-21(9-3-1)35-19-30-23-24(29-18-20-7-6-11-27-17-20)31-26(32-25(23)35)34-15-13-33(14-16-34)22-10-4-5-12-28-22/h1-12,17,19H,13-16,18H2,(H,29,31,32). The van der Waals surface area contributed by atoms with Crippen LogP contribution in [0.4, 0.5) is 17.6 Å². The minimum Gasteiger partial charge on any atom is -0.364 e.